The van der Waals surface area contributed by atoms with Crippen molar-refractivity contribution >= 4 is 10.1 Å². The van der Waals surface area contributed by atoms with Crippen LogP contribution in [-0.4, -0.2) is 124 Å². The number of aliphatic hydroxyl groups excluding tert-OH is 2. The zero-order chi connectivity index (χ0) is 18.3. The molecule has 2 saturated heterocycles. The van der Waals surface area contributed by atoms with Crippen LogP contribution in [-0.2, 0) is 19.0 Å². The number of piperazine rings is 1. The summed E-state index contributed by atoms with van der Waals surface area (Å²) >= 11 is 0. The van der Waals surface area contributed by atoms with Gasteiger partial charge in [-0.1, -0.05) is 0 Å². The number of ether oxygens (including phenoxy) is 1. The number of β-amino-alcohol motifs (C(OH)–C–C–N with tert-alkyl or cyclic N) is 1. The number of morpholine rings is 1. The number of aliphatic hydroxyl groups is 2. The first-order chi connectivity index (χ1) is 11.9. The van der Waals surface area contributed by atoms with Gasteiger partial charge < -0.3 is 14.9 Å². The van der Waals surface area contributed by atoms with E-state index in [1.807, 2.05) is 0 Å². The van der Waals surface area contributed by atoms with Gasteiger partial charge >= 0.3 is 0 Å². The summed E-state index contributed by atoms with van der Waals surface area (Å²) in [4.78, 5) is 5.92. The molecule has 0 saturated carbocycles. The van der Waals surface area contributed by atoms with E-state index in [0.29, 0.717) is 52.5 Å². The minimum atomic E-state index is -3.90. The second-order valence-electron chi connectivity index (χ2n) is 6.50. The Bertz CT molecular complexity index is 476. The van der Waals surface area contributed by atoms with Crippen LogP contribution in [0.15, 0.2) is 0 Å². The van der Waals surface area contributed by atoms with Crippen LogP contribution in [0.2, 0.25) is 0 Å². The number of nitrogens with zero attached hydrogens (tertiary/aromatic N) is 3. The van der Waals surface area contributed by atoms with Crippen molar-refractivity contribution in [3.8, 4) is 0 Å². The smallest absolute Gasteiger partial charge is 0.286 e. The van der Waals surface area contributed by atoms with Crippen molar-refractivity contribution in [2.24, 2.45) is 0 Å². The van der Waals surface area contributed by atoms with Crippen LogP contribution in [0.1, 0.15) is 6.92 Å². The molecule has 0 spiro atoms. The second kappa shape index (κ2) is 10.1. The lowest BCUT2D eigenvalue weighted by molar-refractivity contribution is 0.0302. The molecule has 2 N–H and O–H groups in total. The van der Waals surface area contributed by atoms with Crippen molar-refractivity contribution in [2.75, 3.05) is 78.8 Å². The fraction of sp³-hybridized carbons (Fsp3) is 1.00. The highest BCUT2D eigenvalue weighted by molar-refractivity contribution is 7.87. The molecule has 2 unspecified atom stereocenters. The number of hydrogen-bond donors (Lipinski definition) is 2. The maximum atomic E-state index is 12.6. The van der Waals surface area contributed by atoms with E-state index in [9.17, 15) is 13.5 Å². The monoisotopic (exact) mass is 381 g/mol. The molecular weight excluding hydrogens is 350 g/mol. The first kappa shape index (κ1) is 21.0. The summed E-state index contributed by atoms with van der Waals surface area (Å²) in [6.07, 6.45) is -1.04. The summed E-state index contributed by atoms with van der Waals surface area (Å²) in [7, 11) is -3.90. The van der Waals surface area contributed by atoms with E-state index in [4.69, 9.17) is 14.0 Å². The summed E-state index contributed by atoms with van der Waals surface area (Å²) < 4.78 is 35.7. The van der Waals surface area contributed by atoms with Crippen LogP contribution in [0.4, 0.5) is 0 Å². The maximum Gasteiger partial charge on any atom is 0.286 e. The molecule has 0 aromatic carbocycles. The van der Waals surface area contributed by atoms with Gasteiger partial charge in [-0.3, -0.25) is 18.9 Å². The van der Waals surface area contributed by atoms with E-state index in [0.717, 1.165) is 13.1 Å². The van der Waals surface area contributed by atoms with E-state index in [1.165, 1.54) is 6.92 Å². The Morgan fingerprint density at radius 2 is 1.64 bits per heavy atom. The molecule has 2 heterocycles. The Morgan fingerprint density at radius 1 is 1.04 bits per heavy atom. The molecule has 0 aromatic rings. The van der Waals surface area contributed by atoms with Gasteiger partial charge in [0.15, 0.2) is 5.37 Å². The van der Waals surface area contributed by atoms with Gasteiger partial charge in [-0.15, -0.1) is 0 Å². The number of rotatable bonds is 9. The maximum absolute atomic E-state index is 12.6. The van der Waals surface area contributed by atoms with E-state index < -0.39 is 21.6 Å². The van der Waals surface area contributed by atoms with Crippen molar-refractivity contribution in [3.05, 3.63) is 0 Å². The topological polar surface area (TPSA) is 103 Å². The summed E-state index contributed by atoms with van der Waals surface area (Å²) in [5, 5.41) is 18.0. The van der Waals surface area contributed by atoms with Crippen molar-refractivity contribution in [3.63, 3.8) is 0 Å². The molecular formula is C15H31N3O6S. The lowest BCUT2D eigenvalue weighted by Gasteiger charge is -2.39. The normalized spacial score (nSPS) is 24.3. The van der Waals surface area contributed by atoms with Crippen LogP contribution in [0.5, 0.6) is 0 Å². The second-order valence-corrected chi connectivity index (χ2v) is 8.21. The lowest BCUT2D eigenvalue weighted by Crippen LogP contribution is -2.56. The first-order valence-electron chi connectivity index (χ1n) is 8.87. The summed E-state index contributed by atoms with van der Waals surface area (Å²) in [6, 6.07) is 0. The third-order valence-corrected chi connectivity index (χ3v) is 6.43. The zero-order valence-electron chi connectivity index (χ0n) is 14.9. The molecule has 2 atom stereocenters. The average Bonchev–Trinajstić information content (AvgIpc) is 2.57. The highest BCUT2D eigenvalue weighted by atomic mass is 32.2. The third kappa shape index (κ3) is 6.40. The minimum Gasteiger partial charge on any atom is -0.395 e. The van der Waals surface area contributed by atoms with E-state index in [2.05, 4.69) is 9.80 Å². The fourth-order valence-corrected chi connectivity index (χ4v) is 4.79. The van der Waals surface area contributed by atoms with Crippen LogP contribution in [0.3, 0.4) is 0 Å². The molecule has 0 amide bonds. The molecule has 9 nitrogen and oxygen atoms in total. The molecule has 0 aliphatic carbocycles. The fourth-order valence-electron chi connectivity index (χ4n) is 3.29. The van der Waals surface area contributed by atoms with Crippen LogP contribution in [0, 0.1) is 0 Å². The molecule has 10 heteroatoms. The van der Waals surface area contributed by atoms with Crippen LogP contribution < -0.4 is 0 Å². The Balaban J connectivity index is 1.86. The van der Waals surface area contributed by atoms with Crippen molar-refractivity contribution < 1.29 is 27.6 Å². The molecule has 148 valence electrons. The molecule has 0 bridgehead atoms. The Kier molecular flexibility index (Phi) is 8.49. The van der Waals surface area contributed by atoms with Crippen molar-refractivity contribution in [2.45, 2.75) is 18.4 Å². The Hall–Kier alpha value is -0.330. The molecule has 0 radical (unpaired) electrons. The molecule has 2 aliphatic heterocycles. The van der Waals surface area contributed by atoms with Gasteiger partial charge in [-0.25, -0.2) is 0 Å². The van der Waals surface area contributed by atoms with Crippen molar-refractivity contribution in [1.82, 2.24) is 14.7 Å². The van der Waals surface area contributed by atoms with E-state index in [-0.39, 0.29) is 13.2 Å². The van der Waals surface area contributed by atoms with Gasteiger partial charge in [-0.05, 0) is 6.92 Å². The molecule has 2 rings (SSSR count). The van der Waals surface area contributed by atoms with Gasteiger partial charge in [0.05, 0.1) is 32.5 Å². The lowest BCUT2D eigenvalue weighted by atomic mass is 10.2. The highest BCUT2D eigenvalue weighted by Gasteiger charge is 2.38. The summed E-state index contributed by atoms with van der Waals surface area (Å²) in [5.74, 6) is 0. The van der Waals surface area contributed by atoms with Crippen molar-refractivity contribution in [1.29, 1.82) is 0 Å². The molecule has 0 aromatic heterocycles. The Labute approximate surface area is 150 Å². The molecule has 25 heavy (non-hydrogen) atoms. The quantitative estimate of drug-likeness (QED) is 0.438. The number of hydrogen-bond acceptors (Lipinski definition) is 9. The summed E-state index contributed by atoms with van der Waals surface area (Å²) in [5.41, 5.74) is 0. The predicted molar refractivity (Wildman–Crippen MR) is 92.7 cm³/mol. The molecule has 2 fully saturated rings. The van der Waals surface area contributed by atoms with Gasteiger partial charge in [0.25, 0.3) is 10.1 Å². The highest BCUT2D eigenvalue weighted by Crippen LogP contribution is 2.17. The largest absolute Gasteiger partial charge is 0.395 e. The zero-order valence-corrected chi connectivity index (χ0v) is 15.7. The third-order valence-electron chi connectivity index (χ3n) is 4.65. The van der Waals surface area contributed by atoms with E-state index in [1.54, 1.807) is 4.90 Å². The van der Waals surface area contributed by atoms with Gasteiger partial charge in [0, 0.05) is 52.4 Å². The van der Waals surface area contributed by atoms with Gasteiger partial charge in [0.1, 0.15) is 0 Å². The minimum absolute atomic E-state index is 0.0794. The Morgan fingerprint density at radius 3 is 2.20 bits per heavy atom. The first-order valence-corrected chi connectivity index (χ1v) is 10.3. The molecule has 2 aliphatic rings. The van der Waals surface area contributed by atoms with Crippen LogP contribution in [0.25, 0.3) is 0 Å². The van der Waals surface area contributed by atoms with E-state index >= 15 is 0 Å². The SMILES string of the molecule is CC(O)C(N1CCN(CCO)CC1)S(=O)(=O)OCCN1CCOCC1. The average molecular weight is 381 g/mol. The predicted octanol–water partition coefficient (Wildman–Crippen LogP) is -2.02. The van der Waals surface area contributed by atoms with Gasteiger partial charge in [0.2, 0.25) is 0 Å². The van der Waals surface area contributed by atoms with Crippen LogP contribution >= 0.6 is 0 Å². The standard InChI is InChI=1S/C15H31N3O6S/c1-14(20)15(18-4-2-16(3-5-18)6-10-19)25(21,22)24-13-9-17-7-11-23-12-8-17/h14-15,19-20H,2-13H2,1H3. The summed E-state index contributed by atoms with van der Waals surface area (Å²) in [6.45, 7) is 7.96. The van der Waals surface area contributed by atoms with Gasteiger partial charge in [-0.2, -0.15) is 8.42 Å².